The molecule has 0 heterocycles. The van der Waals surface area contributed by atoms with Gasteiger partial charge in [-0.2, -0.15) is 0 Å². The van der Waals surface area contributed by atoms with Gasteiger partial charge in [-0.05, 0) is 67.5 Å². The van der Waals surface area contributed by atoms with Gasteiger partial charge >= 0.3 is 0 Å². The molecule has 0 amide bonds. The van der Waals surface area contributed by atoms with Crippen LogP contribution >= 0.6 is 11.6 Å². The Bertz CT molecular complexity index is 1190. The Hall–Kier alpha value is -3.08. The Balaban J connectivity index is 1.94. The molecule has 0 N–H and O–H groups in total. The summed E-state index contributed by atoms with van der Waals surface area (Å²) in [6.45, 7) is 5.63. The van der Waals surface area contributed by atoms with E-state index in [1.165, 1.54) is 11.1 Å². The van der Waals surface area contributed by atoms with E-state index in [2.05, 4.69) is 65.3 Å². The molecule has 0 unspecified atom stereocenters. The molecular weight excluding hydrogens is 446 g/mol. The van der Waals surface area contributed by atoms with E-state index < -0.39 is 0 Å². The van der Waals surface area contributed by atoms with Crippen LogP contribution in [-0.2, 0) is 0 Å². The fourth-order valence-electron chi connectivity index (χ4n) is 3.64. The molecule has 0 aliphatic carbocycles. The zero-order chi connectivity index (χ0) is 24.9. The van der Waals surface area contributed by atoms with Crippen LogP contribution in [0.4, 0.5) is 0 Å². The van der Waals surface area contributed by atoms with E-state index in [4.69, 9.17) is 21.1 Å². The molecule has 0 aromatic heterocycles. The Morgan fingerprint density at radius 2 is 1.65 bits per heavy atom. The van der Waals surface area contributed by atoms with Crippen LogP contribution in [0.15, 0.2) is 60.7 Å². The number of methoxy groups -OCH3 is 1. The average Bonchev–Trinajstić information content (AvgIpc) is 2.76. The molecule has 178 valence electrons. The number of aryl methyl sites for hydroxylation is 2. The van der Waals surface area contributed by atoms with Crippen molar-refractivity contribution in [3.8, 4) is 22.6 Å². The molecular formula is C29H33ClNO3+. The number of quaternary nitrogens is 1. The topological polar surface area (TPSA) is 35.5 Å². The maximum absolute atomic E-state index is 12.9. The van der Waals surface area contributed by atoms with Gasteiger partial charge in [0.25, 0.3) is 0 Å². The first-order valence-electron chi connectivity index (χ1n) is 11.3. The van der Waals surface area contributed by atoms with Crippen molar-refractivity contribution in [2.45, 2.75) is 13.8 Å². The molecule has 3 aromatic rings. The molecule has 0 aliphatic heterocycles. The van der Waals surface area contributed by atoms with E-state index >= 15 is 0 Å². The molecule has 3 rings (SSSR count). The Morgan fingerprint density at radius 1 is 0.941 bits per heavy atom. The highest BCUT2D eigenvalue weighted by atomic mass is 35.5. The summed E-state index contributed by atoms with van der Waals surface area (Å²) >= 11 is 6.30. The summed E-state index contributed by atoms with van der Waals surface area (Å²) in [6.07, 6.45) is 3.34. The summed E-state index contributed by atoms with van der Waals surface area (Å²) in [5.41, 5.74) is 5.89. The van der Waals surface area contributed by atoms with Crippen LogP contribution in [0, 0.1) is 13.8 Å². The Labute approximate surface area is 208 Å². The third-order valence-corrected chi connectivity index (χ3v) is 5.75. The summed E-state index contributed by atoms with van der Waals surface area (Å²) in [4.78, 5) is 12.9. The normalized spacial score (nSPS) is 11.6. The van der Waals surface area contributed by atoms with Gasteiger partial charge in [-0.25, -0.2) is 0 Å². The van der Waals surface area contributed by atoms with Gasteiger partial charge in [0, 0.05) is 11.1 Å². The number of carbonyl (C=O) groups is 1. The van der Waals surface area contributed by atoms with Crippen molar-refractivity contribution in [1.29, 1.82) is 0 Å². The quantitative estimate of drug-likeness (QED) is 0.197. The molecule has 3 aromatic carbocycles. The number of hydrogen-bond donors (Lipinski definition) is 0. The van der Waals surface area contributed by atoms with Gasteiger partial charge in [0.15, 0.2) is 5.78 Å². The monoisotopic (exact) mass is 478 g/mol. The number of likely N-dealkylation sites (N-methyl/N-ethyl adjacent to an activating group) is 1. The van der Waals surface area contributed by atoms with Crippen molar-refractivity contribution >= 4 is 23.5 Å². The summed E-state index contributed by atoms with van der Waals surface area (Å²) in [5.74, 6) is 1.17. The van der Waals surface area contributed by atoms with Crippen LogP contribution in [0.5, 0.6) is 11.5 Å². The Morgan fingerprint density at radius 3 is 2.26 bits per heavy atom. The van der Waals surface area contributed by atoms with Crippen molar-refractivity contribution in [3.63, 3.8) is 0 Å². The van der Waals surface area contributed by atoms with E-state index in [1.54, 1.807) is 37.5 Å². The van der Waals surface area contributed by atoms with Crippen LogP contribution < -0.4 is 9.47 Å². The fraction of sp³-hybridized carbons (Fsp3) is 0.276. The zero-order valence-corrected chi connectivity index (χ0v) is 21.6. The summed E-state index contributed by atoms with van der Waals surface area (Å²) in [7, 11) is 7.95. The maximum Gasteiger partial charge on any atom is 0.187 e. The molecule has 0 atom stereocenters. The van der Waals surface area contributed by atoms with E-state index in [9.17, 15) is 4.79 Å². The number of allylic oxidation sites excluding steroid dienone is 1. The minimum atomic E-state index is -0.179. The number of rotatable bonds is 9. The number of nitrogens with zero attached hydrogens (tertiary/aromatic N) is 1. The second kappa shape index (κ2) is 10.9. The second-order valence-corrected chi connectivity index (χ2v) is 9.94. The molecule has 4 nitrogen and oxygen atoms in total. The molecule has 0 bridgehead atoms. The molecule has 0 saturated heterocycles. The summed E-state index contributed by atoms with van der Waals surface area (Å²) < 4.78 is 12.1. The minimum Gasteiger partial charge on any atom is -0.497 e. The lowest BCUT2D eigenvalue weighted by atomic mass is 9.98. The fourth-order valence-corrected chi connectivity index (χ4v) is 3.90. The van der Waals surface area contributed by atoms with Crippen molar-refractivity contribution < 1.29 is 18.8 Å². The number of hydrogen-bond acceptors (Lipinski definition) is 3. The van der Waals surface area contributed by atoms with E-state index in [0.29, 0.717) is 22.9 Å². The van der Waals surface area contributed by atoms with Gasteiger partial charge < -0.3 is 14.0 Å². The highest BCUT2D eigenvalue weighted by molar-refractivity contribution is 6.34. The number of ether oxygens (including phenoxy) is 2. The van der Waals surface area contributed by atoms with Gasteiger partial charge in [0.2, 0.25) is 0 Å². The van der Waals surface area contributed by atoms with Crippen LogP contribution in [-0.4, -0.2) is 51.7 Å². The Kier molecular flexibility index (Phi) is 8.19. The van der Waals surface area contributed by atoms with Crippen LogP contribution in [0.1, 0.15) is 27.0 Å². The molecule has 0 aliphatic rings. The number of ketones is 1. The third-order valence-electron chi connectivity index (χ3n) is 5.44. The van der Waals surface area contributed by atoms with Crippen LogP contribution in [0.25, 0.3) is 17.2 Å². The largest absolute Gasteiger partial charge is 0.497 e. The predicted molar refractivity (Wildman–Crippen MR) is 141 cm³/mol. The van der Waals surface area contributed by atoms with Crippen molar-refractivity contribution in [2.24, 2.45) is 0 Å². The average molecular weight is 479 g/mol. The number of carbonyl (C=O) groups excluding carboxylic acids is 1. The minimum absolute atomic E-state index is 0.179. The molecule has 0 spiro atoms. The lowest BCUT2D eigenvalue weighted by molar-refractivity contribution is -0.870. The first-order valence-corrected chi connectivity index (χ1v) is 11.7. The number of benzene rings is 3. The highest BCUT2D eigenvalue weighted by Crippen LogP contribution is 2.30. The first-order chi connectivity index (χ1) is 16.1. The molecule has 0 fully saturated rings. The van der Waals surface area contributed by atoms with Crippen molar-refractivity contribution in [2.75, 3.05) is 41.4 Å². The lowest BCUT2D eigenvalue weighted by Crippen LogP contribution is -2.38. The lowest BCUT2D eigenvalue weighted by Gasteiger charge is -2.24. The van der Waals surface area contributed by atoms with Gasteiger partial charge in [0.05, 0.1) is 33.3 Å². The van der Waals surface area contributed by atoms with Crippen molar-refractivity contribution in [3.05, 3.63) is 87.9 Å². The van der Waals surface area contributed by atoms with Gasteiger partial charge in [-0.3, -0.25) is 4.79 Å². The third kappa shape index (κ3) is 6.96. The van der Waals surface area contributed by atoms with Gasteiger partial charge in [-0.1, -0.05) is 47.0 Å². The van der Waals surface area contributed by atoms with E-state index in [-0.39, 0.29) is 5.78 Å². The smallest absolute Gasteiger partial charge is 0.187 e. The van der Waals surface area contributed by atoms with Gasteiger partial charge in [0.1, 0.15) is 24.7 Å². The van der Waals surface area contributed by atoms with Gasteiger partial charge in [-0.15, -0.1) is 0 Å². The summed E-state index contributed by atoms with van der Waals surface area (Å²) in [5, 5.41) is 0.359. The zero-order valence-electron chi connectivity index (χ0n) is 20.8. The molecule has 34 heavy (non-hydrogen) atoms. The van der Waals surface area contributed by atoms with Crippen molar-refractivity contribution in [1.82, 2.24) is 0 Å². The SMILES string of the molecule is COc1ccc(C(=O)C=Cc2cc(-c3cc(C)cc(C)c3)ccc2OCC[N+](C)(C)C)c(Cl)c1. The number of halogens is 1. The van der Waals surface area contributed by atoms with E-state index in [0.717, 1.165) is 33.5 Å². The van der Waals surface area contributed by atoms with Crippen LogP contribution in [0.3, 0.4) is 0 Å². The molecule has 0 saturated carbocycles. The predicted octanol–water partition coefficient (Wildman–Crippen LogP) is 6.61. The standard InChI is InChI=1S/C29H33ClNO3/c1-20-15-21(2)17-24(16-20)22-8-12-29(34-14-13-31(3,4)5)23(18-22)7-11-28(32)26-10-9-25(33-6)19-27(26)30/h7-12,15-19H,13-14H2,1-6H3/q+1. The highest BCUT2D eigenvalue weighted by Gasteiger charge is 2.12. The molecule has 5 heteroatoms. The first kappa shape index (κ1) is 25.5. The van der Waals surface area contributed by atoms with E-state index in [1.807, 2.05) is 6.07 Å². The molecule has 0 radical (unpaired) electrons. The summed E-state index contributed by atoms with van der Waals surface area (Å²) in [6, 6.07) is 17.6. The second-order valence-electron chi connectivity index (χ2n) is 9.53. The maximum atomic E-state index is 12.9. The van der Waals surface area contributed by atoms with Crippen LogP contribution in [0.2, 0.25) is 5.02 Å².